The molecule has 3 rings (SSSR count). The van der Waals surface area contributed by atoms with Crippen molar-refractivity contribution in [1.82, 2.24) is 10.2 Å². The van der Waals surface area contributed by atoms with Gasteiger partial charge in [-0.1, -0.05) is 19.1 Å². The summed E-state index contributed by atoms with van der Waals surface area (Å²) in [6.45, 7) is 6.24. The monoisotopic (exact) mass is 358 g/mol. The van der Waals surface area contributed by atoms with Gasteiger partial charge in [-0.3, -0.25) is 24.2 Å². The molecule has 138 valence electrons. The summed E-state index contributed by atoms with van der Waals surface area (Å²) in [5.41, 5.74) is -1.11. The van der Waals surface area contributed by atoms with E-state index in [9.17, 15) is 19.2 Å². The Labute approximate surface area is 151 Å². The van der Waals surface area contributed by atoms with Gasteiger partial charge >= 0.3 is 6.03 Å². The molecule has 2 N–H and O–H groups in total. The maximum Gasteiger partial charge on any atom is 0.325 e. The zero-order chi connectivity index (χ0) is 19.3. The van der Waals surface area contributed by atoms with Crippen molar-refractivity contribution in [2.75, 3.05) is 16.8 Å². The zero-order valence-corrected chi connectivity index (χ0v) is 15.3. The number of urea groups is 1. The average molecular weight is 358 g/mol. The van der Waals surface area contributed by atoms with Gasteiger partial charge in [-0.25, -0.2) is 4.79 Å². The molecule has 0 bridgehead atoms. The number of rotatable bonds is 3. The molecule has 1 atom stereocenters. The lowest BCUT2D eigenvalue weighted by molar-refractivity contribution is -0.134. The van der Waals surface area contributed by atoms with E-state index >= 15 is 0 Å². The fourth-order valence-corrected chi connectivity index (χ4v) is 3.23. The van der Waals surface area contributed by atoms with Gasteiger partial charge < -0.3 is 10.6 Å². The highest BCUT2D eigenvalue weighted by molar-refractivity contribution is 6.16. The number of fused-ring (bicyclic) bond motifs is 1. The molecule has 2 aliphatic rings. The summed E-state index contributed by atoms with van der Waals surface area (Å²) in [6.07, 6.45) is 0.419. The molecule has 0 radical (unpaired) electrons. The Morgan fingerprint density at radius 2 is 1.77 bits per heavy atom. The Kier molecular flexibility index (Phi) is 4.01. The highest BCUT2D eigenvalue weighted by Crippen LogP contribution is 2.37. The topological polar surface area (TPSA) is 98.8 Å². The number of anilines is 2. The molecule has 1 aromatic rings. The number of imide groups is 1. The average Bonchev–Trinajstić information content (AvgIpc) is 2.79. The van der Waals surface area contributed by atoms with Crippen LogP contribution in [0.4, 0.5) is 16.2 Å². The molecular formula is C18H22N4O4. The molecule has 1 unspecified atom stereocenters. The lowest BCUT2D eigenvalue weighted by Gasteiger charge is -2.42. The Balaban J connectivity index is 1.93. The van der Waals surface area contributed by atoms with Crippen LogP contribution in [0.15, 0.2) is 24.3 Å². The summed E-state index contributed by atoms with van der Waals surface area (Å²) in [7, 11) is 0. The summed E-state index contributed by atoms with van der Waals surface area (Å²) in [6, 6.07) is 6.33. The molecule has 0 aromatic heterocycles. The number of nitrogens with zero attached hydrogens (tertiary/aromatic N) is 2. The van der Waals surface area contributed by atoms with Crippen LogP contribution < -0.4 is 15.5 Å². The van der Waals surface area contributed by atoms with Gasteiger partial charge in [0.15, 0.2) is 0 Å². The van der Waals surface area contributed by atoms with Gasteiger partial charge in [-0.2, -0.15) is 0 Å². The van der Waals surface area contributed by atoms with Gasteiger partial charge in [0.2, 0.25) is 11.8 Å². The Morgan fingerprint density at radius 1 is 1.12 bits per heavy atom. The predicted octanol–water partition coefficient (Wildman–Crippen LogP) is 1.47. The van der Waals surface area contributed by atoms with Crippen LogP contribution >= 0.6 is 0 Å². The van der Waals surface area contributed by atoms with Crippen molar-refractivity contribution in [3.8, 4) is 0 Å². The second-order valence-corrected chi connectivity index (χ2v) is 7.27. The summed E-state index contributed by atoms with van der Waals surface area (Å²) < 4.78 is 0. The summed E-state index contributed by atoms with van der Waals surface area (Å²) in [4.78, 5) is 52.5. The van der Waals surface area contributed by atoms with Crippen molar-refractivity contribution >= 4 is 35.1 Å². The standard InChI is InChI=1S/C18H22N4O4/c1-5-18(4)15(25)21(16(26)20-18)10-13(23)22-12-9-7-6-8-11(12)19-14(24)17(22,2)3/h6-9H,5,10H2,1-4H3,(H,19,24)(H,20,26). The quantitative estimate of drug-likeness (QED) is 0.799. The van der Waals surface area contributed by atoms with Crippen LogP contribution in [0.1, 0.15) is 34.1 Å². The Morgan fingerprint density at radius 3 is 2.38 bits per heavy atom. The van der Waals surface area contributed by atoms with E-state index in [0.29, 0.717) is 17.8 Å². The maximum atomic E-state index is 13.0. The van der Waals surface area contributed by atoms with Crippen LogP contribution in [0.2, 0.25) is 0 Å². The fraction of sp³-hybridized carbons (Fsp3) is 0.444. The smallest absolute Gasteiger partial charge is 0.323 e. The largest absolute Gasteiger partial charge is 0.325 e. The van der Waals surface area contributed by atoms with Gasteiger partial charge in [-0.05, 0) is 39.3 Å². The third-order valence-corrected chi connectivity index (χ3v) is 5.10. The second kappa shape index (κ2) is 5.82. The number of amides is 5. The van der Waals surface area contributed by atoms with E-state index in [2.05, 4.69) is 10.6 Å². The van der Waals surface area contributed by atoms with E-state index in [1.165, 1.54) is 4.90 Å². The van der Waals surface area contributed by atoms with E-state index in [0.717, 1.165) is 4.90 Å². The molecule has 1 fully saturated rings. The van der Waals surface area contributed by atoms with Crippen molar-refractivity contribution in [2.45, 2.75) is 45.2 Å². The van der Waals surface area contributed by atoms with Gasteiger partial charge in [-0.15, -0.1) is 0 Å². The van der Waals surface area contributed by atoms with Crippen LogP contribution in [-0.4, -0.2) is 46.3 Å². The lowest BCUT2D eigenvalue weighted by atomic mass is 9.96. The first-order valence-electron chi connectivity index (χ1n) is 8.49. The summed E-state index contributed by atoms with van der Waals surface area (Å²) >= 11 is 0. The van der Waals surface area contributed by atoms with Gasteiger partial charge in [0, 0.05) is 0 Å². The first-order valence-corrected chi connectivity index (χ1v) is 8.49. The van der Waals surface area contributed by atoms with Crippen LogP contribution in [0.25, 0.3) is 0 Å². The molecular weight excluding hydrogens is 336 g/mol. The minimum absolute atomic E-state index is 0.333. The van der Waals surface area contributed by atoms with Crippen LogP contribution in [0.5, 0.6) is 0 Å². The molecule has 1 aromatic carbocycles. The SMILES string of the molecule is CCC1(C)NC(=O)N(CC(=O)N2c3ccccc3NC(=O)C2(C)C)C1=O. The van der Waals surface area contributed by atoms with Gasteiger partial charge in [0.05, 0.1) is 11.4 Å². The number of hydrogen-bond donors (Lipinski definition) is 2. The van der Waals surface area contributed by atoms with Crippen LogP contribution in [-0.2, 0) is 14.4 Å². The molecule has 5 amide bonds. The molecule has 0 spiro atoms. The molecule has 2 aliphatic heterocycles. The highest BCUT2D eigenvalue weighted by atomic mass is 16.2. The molecule has 0 saturated carbocycles. The van der Waals surface area contributed by atoms with E-state index in [4.69, 9.17) is 0 Å². The van der Waals surface area contributed by atoms with Crippen molar-refractivity contribution in [2.24, 2.45) is 0 Å². The third kappa shape index (κ3) is 2.53. The Bertz CT molecular complexity index is 819. The third-order valence-electron chi connectivity index (χ3n) is 5.10. The lowest BCUT2D eigenvalue weighted by Crippen LogP contribution is -2.60. The van der Waals surface area contributed by atoms with Crippen molar-refractivity contribution < 1.29 is 19.2 Å². The minimum atomic E-state index is -1.15. The molecule has 1 saturated heterocycles. The maximum absolute atomic E-state index is 13.0. The Hall–Kier alpha value is -2.90. The van der Waals surface area contributed by atoms with Gasteiger partial charge in [0.25, 0.3) is 5.91 Å². The summed E-state index contributed by atoms with van der Waals surface area (Å²) in [5.74, 6) is -1.27. The van der Waals surface area contributed by atoms with Crippen molar-refractivity contribution in [3.63, 3.8) is 0 Å². The van der Waals surface area contributed by atoms with Crippen molar-refractivity contribution in [1.29, 1.82) is 0 Å². The van der Waals surface area contributed by atoms with E-state index < -0.39 is 35.5 Å². The molecule has 2 heterocycles. The zero-order valence-electron chi connectivity index (χ0n) is 15.3. The number of nitrogens with one attached hydrogen (secondary N) is 2. The van der Waals surface area contributed by atoms with E-state index in [-0.39, 0.29) is 5.91 Å². The van der Waals surface area contributed by atoms with Crippen LogP contribution in [0, 0.1) is 0 Å². The normalized spacial score (nSPS) is 24.2. The number of benzene rings is 1. The predicted molar refractivity (Wildman–Crippen MR) is 95.6 cm³/mol. The summed E-state index contributed by atoms with van der Waals surface area (Å²) in [5, 5.41) is 5.40. The first kappa shape index (κ1) is 17.9. The molecule has 8 heteroatoms. The number of hydrogen-bond acceptors (Lipinski definition) is 4. The first-order chi connectivity index (χ1) is 12.1. The van der Waals surface area contributed by atoms with E-state index in [1.807, 2.05) is 0 Å². The minimum Gasteiger partial charge on any atom is -0.323 e. The van der Waals surface area contributed by atoms with E-state index in [1.54, 1.807) is 52.0 Å². The van der Waals surface area contributed by atoms with Crippen LogP contribution in [0.3, 0.4) is 0 Å². The molecule has 8 nitrogen and oxygen atoms in total. The molecule has 26 heavy (non-hydrogen) atoms. The number of carbonyl (C=O) groups is 4. The molecule has 0 aliphatic carbocycles. The highest BCUT2D eigenvalue weighted by Gasteiger charge is 2.49. The second-order valence-electron chi connectivity index (χ2n) is 7.27. The number of para-hydroxylation sites is 2. The van der Waals surface area contributed by atoms with Crippen molar-refractivity contribution in [3.05, 3.63) is 24.3 Å². The number of carbonyl (C=O) groups excluding carboxylic acids is 4. The fourth-order valence-electron chi connectivity index (χ4n) is 3.23. The van der Waals surface area contributed by atoms with Gasteiger partial charge in [0.1, 0.15) is 17.6 Å².